The largest absolute Gasteiger partial charge is 0.497 e. The van der Waals surface area contributed by atoms with Crippen LogP contribution in [0, 0.1) is 0 Å². The van der Waals surface area contributed by atoms with Crippen molar-refractivity contribution >= 4 is 10.0 Å². The van der Waals surface area contributed by atoms with Crippen LogP contribution in [0.15, 0.2) is 52.1 Å². The summed E-state index contributed by atoms with van der Waals surface area (Å²) in [5.74, 6) is 1.25. The van der Waals surface area contributed by atoms with E-state index in [0.29, 0.717) is 30.0 Å². The quantitative estimate of drug-likeness (QED) is 0.590. The fourth-order valence-electron chi connectivity index (χ4n) is 3.85. The van der Waals surface area contributed by atoms with Crippen LogP contribution in [0.3, 0.4) is 0 Å². The van der Waals surface area contributed by atoms with Crippen LogP contribution in [0.25, 0.3) is 11.4 Å². The zero-order valence-electron chi connectivity index (χ0n) is 17.4. The Kier molecular flexibility index (Phi) is 5.92. The molecule has 1 aliphatic rings. The van der Waals surface area contributed by atoms with Gasteiger partial charge in [-0.15, -0.1) is 0 Å². The van der Waals surface area contributed by atoms with Crippen LogP contribution in [0.2, 0.25) is 0 Å². The molecule has 0 unspecified atom stereocenters. The highest BCUT2D eigenvalue weighted by atomic mass is 32.2. The van der Waals surface area contributed by atoms with Gasteiger partial charge in [0.1, 0.15) is 21.9 Å². The lowest BCUT2D eigenvalue weighted by Crippen LogP contribution is -2.47. The van der Waals surface area contributed by atoms with Crippen molar-refractivity contribution in [2.24, 2.45) is 0 Å². The smallest absolute Gasteiger partial charge is 0.248 e. The SMILES string of the molecule is COc1ccc(OC)c(S(=O)(=O)NC2(c3nc(-c4cccnc4)no3)CCCCC2)c1. The van der Waals surface area contributed by atoms with Crippen molar-refractivity contribution in [1.29, 1.82) is 0 Å². The molecule has 4 rings (SSSR count). The lowest BCUT2D eigenvalue weighted by atomic mass is 9.82. The van der Waals surface area contributed by atoms with Crippen molar-refractivity contribution in [2.75, 3.05) is 14.2 Å². The molecule has 2 heterocycles. The zero-order chi connectivity index (χ0) is 21.9. The maximum atomic E-state index is 13.5. The summed E-state index contributed by atoms with van der Waals surface area (Å²) in [5, 5.41) is 4.06. The Morgan fingerprint density at radius 1 is 1.10 bits per heavy atom. The molecule has 1 saturated carbocycles. The molecule has 1 aromatic carbocycles. The van der Waals surface area contributed by atoms with E-state index in [4.69, 9.17) is 14.0 Å². The van der Waals surface area contributed by atoms with Gasteiger partial charge >= 0.3 is 0 Å². The summed E-state index contributed by atoms with van der Waals surface area (Å²) in [6, 6.07) is 8.24. The summed E-state index contributed by atoms with van der Waals surface area (Å²) in [6.07, 6.45) is 7.07. The minimum Gasteiger partial charge on any atom is -0.497 e. The predicted octanol–water partition coefficient (Wildman–Crippen LogP) is 3.29. The Labute approximate surface area is 180 Å². The lowest BCUT2D eigenvalue weighted by Gasteiger charge is -2.34. The maximum absolute atomic E-state index is 13.5. The second-order valence-electron chi connectivity index (χ2n) is 7.43. The molecule has 3 aromatic rings. The van der Waals surface area contributed by atoms with E-state index in [0.717, 1.165) is 19.3 Å². The molecule has 2 aromatic heterocycles. The molecule has 0 amide bonds. The van der Waals surface area contributed by atoms with E-state index in [9.17, 15) is 8.42 Å². The molecular weight excluding hydrogens is 420 g/mol. The van der Waals surface area contributed by atoms with Crippen LogP contribution in [-0.2, 0) is 15.6 Å². The molecular formula is C21H24N4O5S. The van der Waals surface area contributed by atoms with Gasteiger partial charge in [0.2, 0.25) is 21.7 Å². The van der Waals surface area contributed by atoms with E-state index >= 15 is 0 Å². The summed E-state index contributed by atoms with van der Waals surface area (Å²) < 4.78 is 45.8. The number of benzene rings is 1. The van der Waals surface area contributed by atoms with E-state index in [1.165, 1.54) is 20.3 Å². The molecule has 9 nitrogen and oxygen atoms in total. The van der Waals surface area contributed by atoms with Crippen molar-refractivity contribution < 1.29 is 22.4 Å². The van der Waals surface area contributed by atoms with E-state index in [1.54, 1.807) is 30.6 Å². The summed E-state index contributed by atoms with van der Waals surface area (Å²) in [7, 11) is -1.09. The molecule has 10 heteroatoms. The second kappa shape index (κ2) is 8.64. The van der Waals surface area contributed by atoms with Gasteiger partial charge in [0, 0.05) is 24.0 Å². The molecule has 0 atom stereocenters. The standard InChI is InChI=1S/C21H24N4O5S/c1-28-16-8-9-17(29-2)18(13-16)31(26,27)25-21(10-4-3-5-11-21)20-23-19(24-30-20)15-7-6-12-22-14-15/h6-9,12-14,25H,3-5,10-11H2,1-2H3. The third kappa shape index (κ3) is 4.26. The first-order valence-electron chi connectivity index (χ1n) is 9.98. The number of hydrogen-bond donors (Lipinski definition) is 1. The normalized spacial score (nSPS) is 16.1. The van der Waals surface area contributed by atoms with Gasteiger partial charge < -0.3 is 14.0 Å². The molecule has 164 valence electrons. The Balaban J connectivity index is 1.73. The minimum atomic E-state index is -3.99. The molecule has 1 aliphatic carbocycles. The van der Waals surface area contributed by atoms with Crippen LogP contribution in [0.4, 0.5) is 0 Å². The van der Waals surface area contributed by atoms with Crippen LogP contribution in [0.5, 0.6) is 11.5 Å². The van der Waals surface area contributed by atoms with Crippen molar-refractivity contribution in [2.45, 2.75) is 42.5 Å². The zero-order valence-corrected chi connectivity index (χ0v) is 18.2. The van der Waals surface area contributed by atoms with Gasteiger partial charge in [-0.25, -0.2) is 8.42 Å². The van der Waals surface area contributed by atoms with E-state index in [2.05, 4.69) is 19.8 Å². The first-order valence-corrected chi connectivity index (χ1v) is 11.5. The summed E-state index contributed by atoms with van der Waals surface area (Å²) in [4.78, 5) is 8.60. The topological polar surface area (TPSA) is 116 Å². The Morgan fingerprint density at radius 2 is 1.90 bits per heavy atom. The van der Waals surface area contributed by atoms with Crippen molar-refractivity contribution in [1.82, 2.24) is 19.8 Å². The predicted molar refractivity (Wildman–Crippen MR) is 112 cm³/mol. The number of aromatic nitrogens is 3. The average Bonchev–Trinajstić information content (AvgIpc) is 3.31. The Bertz CT molecular complexity index is 1140. The van der Waals surface area contributed by atoms with Gasteiger partial charge in [-0.1, -0.05) is 24.4 Å². The first-order chi connectivity index (χ1) is 15.0. The van der Waals surface area contributed by atoms with Crippen molar-refractivity contribution in [3.05, 3.63) is 48.6 Å². The van der Waals surface area contributed by atoms with Crippen LogP contribution < -0.4 is 14.2 Å². The number of nitrogens with zero attached hydrogens (tertiary/aromatic N) is 3. The minimum absolute atomic E-state index is 0.00806. The number of hydrogen-bond acceptors (Lipinski definition) is 8. The number of ether oxygens (including phenoxy) is 2. The fraction of sp³-hybridized carbons (Fsp3) is 0.381. The first kappa shape index (κ1) is 21.3. The van der Waals surface area contributed by atoms with E-state index < -0.39 is 15.6 Å². The molecule has 0 bridgehead atoms. The molecule has 31 heavy (non-hydrogen) atoms. The molecule has 1 fully saturated rings. The highest BCUT2D eigenvalue weighted by Gasteiger charge is 2.43. The van der Waals surface area contributed by atoms with Crippen molar-refractivity contribution in [3.63, 3.8) is 0 Å². The average molecular weight is 445 g/mol. The van der Waals surface area contributed by atoms with E-state index in [-0.39, 0.29) is 16.5 Å². The third-order valence-electron chi connectivity index (χ3n) is 5.45. The van der Waals surface area contributed by atoms with Gasteiger partial charge in [-0.05, 0) is 37.1 Å². The number of pyridine rings is 1. The molecule has 0 radical (unpaired) electrons. The molecule has 0 spiro atoms. The monoisotopic (exact) mass is 444 g/mol. The second-order valence-corrected chi connectivity index (χ2v) is 9.08. The van der Waals surface area contributed by atoms with Gasteiger partial charge in [0.15, 0.2) is 0 Å². The van der Waals surface area contributed by atoms with Crippen molar-refractivity contribution in [3.8, 4) is 22.9 Å². The van der Waals surface area contributed by atoms with Crippen LogP contribution in [-0.4, -0.2) is 37.8 Å². The number of sulfonamides is 1. The highest BCUT2D eigenvalue weighted by Crippen LogP contribution is 2.39. The number of nitrogens with one attached hydrogen (secondary N) is 1. The van der Waals surface area contributed by atoms with Gasteiger partial charge in [0.05, 0.1) is 14.2 Å². The lowest BCUT2D eigenvalue weighted by molar-refractivity contribution is 0.199. The Morgan fingerprint density at radius 3 is 2.58 bits per heavy atom. The van der Waals surface area contributed by atoms with E-state index in [1.807, 2.05) is 6.07 Å². The summed E-state index contributed by atoms with van der Waals surface area (Å²) in [6.45, 7) is 0. The highest BCUT2D eigenvalue weighted by molar-refractivity contribution is 7.89. The van der Waals surface area contributed by atoms with Gasteiger partial charge in [-0.3, -0.25) is 4.98 Å². The van der Waals surface area contributed by atoms with Gasteiger partial charge in [0.25, 0.3) is 0 Å². The number of rotatable bonds is 7. The molecule has 0 saturated heterocycles. The fourth-order valence-corrected chi connectivity index (χ4v) is 5.45. The van der Waals surface area contributed by atoms with Gasteiger partial charge in [-0.2, -0.15) is 9.71 Å². The number of methoxy groups -OCH3 is 2. The molecule has 0 aliphatic heterocycles. The Hall–Kier alpha value is -2.98. The molecule has 1 N–H and O–H groups in total. The third-order valence-corrected chi connectivity index (χ3v) is 7.01. The summed E-state index contributed by atoms with van der Waals surface area (Å²) >= 11 is 0. The van der Waals surface area contributed by atoms with Crippen LogP contribution in [0.1, 0.15) is 38.0 Å². The summed E-state index contributed by atoms with van der Waals surface area (Å²) in [5.41, 5.74) is -0.306. The maximum Gasteiger partial charge on any atom is 0.248 e. The van der Waals surface area contributed by atoms with Crippen LogP contribution >= 0.6 is 0 Å².